The van der Waals surface area contributed by atoms with Crippen LogP contribution >= 0.6 is 0 Å². The first-order chi connectivity index (χ1) is 9.25. The van der Waals surface area contributed by atoms with Crippen LogP contribution in [0.4, 0.5) is 13.2 Å². The van der Waals surface area contributed by atoms with Gasteiger partial charge in [-0.15, -0.1) is 0 Å². The molecule has 7 heteroatoms. The minimum Gasteiger partial charge on any atom is -0.481 e. The molecule has 4 nitrogen and oxygen atoms in total. The van der Waals surface area contributed by atoms with Crippen LogP contribution < -0.4 is 0 Å². The van der Waals surface area contributed by atoms with E-state index in [2.05, 4.69) is 0 Å². The van der Waals surface area contributed by atoms with Crippen molar-refractivity contribution in [1.29, 1.82) is 5.26 Å². The van der Waals surface area contributed by atoms with Gasteiger partial charge in [0, 0.05) is 13.1 Å². The molecule has 0 saturated carbocycles. The highest BCUT2D eigenvalue weighted by Crippen LogP contribution is 2.36. The molecule has 0 amide bonds. The Balaban J connectivity index is 2.78. The van der Waals surface area contributed by atoms with Gasteiger partial charge < -0.3 is 10.0 Å². The summed E-state index contributed by atoms with van der Waals surface area (Å²) in [5.74, 6) is -3.02. The molecule has 2 unspecified atom stereocenters. The van der Waals surface area contributed by atoms with Crippen molar-refractivity contribution in [1.82, 2.24) is 4.90 Å². The van der Waals surface area contributed by atoms with Crippen LogP contribution in [0.5, 0.6) is 0 Å². The lowest BCUT2D eigenvalue weighted by atomic mass is 9.76. The van der Waals surface area contributed by atoms with Gasteiger partial charge in [-0.1, -0.05) is 13.3 Å². The molecule has 2 atom stereocenters. The van der Waals surface area contributed by atoms with Gasteiger partial charge in [-0.25, -0.2) is 0 Å². The minimum absolute atomic E-state index is 0.0877. The van der Waals surface area contributed by atoms with Gasteiger partial charge in [-0.3, -0.25) is 4.79 Å². The Morgan fingerprint density at radius 3 is 2.65 bits per heavy atom. The van der Waals surface area contributed by atoms with Crippen LogP contribution in [-0.4, -0.2) is 41.8 Å². The van der Waals surface area contributed by atoms with E-state index in [4.69, 9.17) is 5.26 Å². The number of carboxylic acids is 1. The Morgan fingerprint density at radius 1 is 1.55 bits per heavy atom. The second kappa shape index (κ2) is 6.44. The van der Waals surface area contributed by atoms with Gasteiger partial charge in [0.1, 0.15) is 0 Å². The molecule has 1 aliphatic rings. The standard InChI is InChI=1S/C13H19F3N2O2/c1-2-4-12(11(19)20)5-3-6-18(9-12)8-10(7-17)13(14,15)16/h10H,2-6,8-9H2,1H3,(H,19,20). The summed E-state index contributed by atoms with van der Waals surface area (Å²) in [5.41, 5.74) is -0.974. The average molecular weight is 292 g/mol. The maximum absolute atomic E-state index is 12.6. The number of hydrogen-bond acceptors (Lipinski definition) is 3. The topological polar surface area (TPSA) is 64.3 Å². The highest BCUT2D eigenvalue weighted by atomic mass is 19.4. The van der Waals surface area contributed by atoms with Crippen molar-refractivity contribution in [2.24, 2.45) is 11.3 Å². The lowest BCUT2D eigenvalue weighted by Crippen LogP contribution is -2.50. The summed E-state index contributed by atoms with van der Waals surface area (Å²) in [7, 11) is 0. The van der Waals surface area contributed by atoms with E-state index in [1.807, 2.05) is 6.92 Å². The zero-order chi connectivity index (χ0) is 15.4. The fourth-order valence-corrected chi connectivity index (χ4v) is 2.82. The van der Waals surface area contributed by atoms with E-state index in [0.717, 1.165) is 0 Å². The zero-order valence-electron chi connectivity index (χ0n) is 11.4. The van der Waals surface area contributed by atoms with E-state index in [-0.39, 0.29) is 6.54 Å². The number of rotatable bonds is 5. The van der Waals surface area contributed by atoms with Gasteiger partial charge in [0.05, 0.1) is 11.5 Å². The molecular weight excluding hydrogens is 273 g/mol. The van der Waals surface area contributed by atoms with Crippen LogP contribution in [0.25, 0.3) is 0 Å². The summed E-state index contributed by atoms with van der Waals surface area (Å²) in [5, 5.41) is 18.0. The van der Waals surface area contributed by atoms with E-state index in [1.54, 1.807) is 0 Å². The third-order valence-electron chi connectivity index (χ3n) is 3.83. The summed E-state index contributed by atoms with van der Waals surface area (Å²) in [4.78, 5) is 12.9. The number of piperidine rings is 1. The molecule has 0 bridgehead atoms. The lowest BCUT2D eigenvalue weighted by Gasteiger charge is -2.40. The predicted molar refractivity (Wildman–Crippen MR) is 65.8 cm³/mol. The number of alkyl halides is 3. The number of carboxylic acid groups (broad SMARTS) is 1. The molecule has 0 aliphatic carbocycles. The van der Waals surface area contributed by atoms with Crippen molar-refractivity contribution in [2.45, 2.75) is 38.8 Å². The number of halogens is 3. The van der Waals surface area contributed by atoms with Gasteiger partial charge in [0.25, 0.3) is 0 Å². The minimum atomic E-state index is -4.57. The van der Waals surface area contributed by atoms with Crippen LogP contribution in [0.3, 0.4) is 0 Å². The van der Waals surface area contributed by atoms with Crippen LogP contribution in [-0.2, 0) is 4.79 Å². The van der Waals surface area contributed by atoms with Crippen LogP contribution in [0.15, 0.2) is 0 Å². The van der Waals surface area contributed by atoms with Crippen molar-refractivity contribution in [3.8, 4) is 6.07 Å². The maximum Gasteiger partial charge on any atom is 0.405 e. The van der Waals surface area contributed by atoms with Crippen LogP contribution in [0, 0.1) is 22.7 Å². The predicted octanol–water partition coefficient (Wildman–Crippen LogP) is 2.66. The first-order valence-corrected chi connectivity index (χ1v) is 6.67. The smallest absolute Gasteiger partial charge is 0.405 e. The highest BCUT2D eigenvalue weighted by Gasteiger charge is 2.45. The summed E-state index contributed by atoms with van der Waals surface area (Å²) < 4.78 is 37.8. The van der Waals surface area contributed by atoms with E-state index in [1.165, 1.54) is 11.0 Å². The molecule has 1 heterocycles. The van der Waals surface area contributed by atoms with Gasteiger partial charge in [0.2, 0.25) is 0 Å². The number of aliphatic carboxylic acids is 1. The first kappa shape index (κ1) is 16.8. The quantitative estimate of drug-likeness (QED) is 0.846. The third-order valence-corrected chi connectivity index (χ3v) is 3.83. The molecular formula is C13H19F3N2O2. The Kier molecular flexibility index (Phi) is 5.40. The van der Waals surface area contributed by atoms with Crippen molar-refractivity contribution in [3.63, 3.8) is 0 Å². The molecule has 1 saturated heterocycles. The molecule has 114 valence electrons. The SMILES string of the molecule is CCCC1(C(=O)O)CCCN(CC(C#N)C(F)(F)F)C1. The van der Waals surface area contributed by atoms with Crippen molar-refractivity contribution in [2.75, 3.05) is 19.6 Å². The fourth-order valence-electron chi connectivity index (χ4n) is 2.82. The molecule has 1 aliphatic heterocycles. The molecule has 20 heavy (non-hydrogen) atoms. The van der Waals surface area contributed by atoms with Crippen LogP contribution in [0.1, 0.15) is 32.6 Å². The molecule has 0 aromatic rings. The number of likely N-dealkylation sites (tertiary alicyclic amines) is 1. The van der Waals surface area contributed by atoms with Crippen molar-refractivity contribution in [3.05, 3.63) is 0 Å². The Bertz CT molecular complexity index is 388. The number of hydrogen-bond donors (Lipinski definition) is 1. The molecule has 0 radical (unpaired) electrons. The molecule has 1 rings (SSSR count). The molecule has 0 aromatic carbocycles. The second-order valence-electron chi connectivity index (χ2n) is 5.40. The van der Waals surface area contributed by atoms with E-state index >= 15 is 0 Å². The number of nitrogens with zero attached hydrogens (tertiary/aromatic N) is 2. The van der Waals surface area contributed by atoms with E-state index < -0.39 is 30.0 Å². The number of nitriles is 1. The zero-order valence-corrected chi connectivity index (χ0v) is 11.4. The van der Waals surface area contributed by atoms with Crippen LogP contribution in [0.2, 0.25) is 0 Å². The first-order valence-electron chi connectivity index (χ1n) is 6.67. The van der Waals surface area contributed by atoms with Crippen molar-refractivity contribution >= 4 is 5.97 Å². The molecule has 0 aromatic heterocycles. The van der Waals surface area contributed by atoms with Gasteiger partial charge >= 0.3 is 12.1 Å². The molecule has 1 N–H and O–H groups in total. The largest absolute Gasteiger partial charge is 0.481 e. The van der Waals surface area contributed by atoms with Crippen molar-refractivity contribution < 1.29 is 23.1 Å². The summed E-state index contributed by atoms with van der Waals surface area (Å²) in [6.07, 6.45) is -2.43. The highest BCUT2D eigenvalue weighted by molar-refractivity contribution is 5.75. The lowest BCUT2D eigenvalue weighted by molar-refractivity contribution is -0.167. The van der Waals surface area contributed by atoms with E-state index in [0.29, 0.717) is 32.2 Å². The molecule has 0 spiro atoms. The fraction of sp³-hybridized carbons (Fsp3) is 0.846. The average Bonchev–Trinajstić information content (AvgIpc) is 2.35. The monoisotopic (exact) mass is 292 g/mol. The van der Waals surface area contributed by atoms with Gasteiger partial charge in [-0.05, 0) is 25.8 Å². The second-order valence-corrected chi connectivity index (χ2v) is 5.40. The summed E-state index contributed by atoms with van der Waals surface area (Å²) in [6.45, 7) is 1.91. The van der Waals surface area contributed by atoms with E-state index in [9.17, 15) is 23.1 Å². The maximum atomic E-state index is 12.6. The Morgan fingerprint density at radius 2 is 2.20 bits per heavy atom. The Labute approximate surface area is 116 Å². The van der Waals surface area contributed by atoms with Gasteiger partial charge in [-0.2, -0.15) is 18.4 Å². The third kappa shape index (κ3) is 3.85. The van der Waals surface area contributed by atoms with Gasteiger partial charge in [0.15, 0.2) is 5.92 Å². The number of carbonyl (C=O) groups is 1. The summed E-state index contributed by atoms with van der Waals surface area (Å²) >= 11 is 0. The Hall–Kier alpha value is -1.29. The normalized spacial score (nSPS) is 25.9. The summed E-state index contributed by atoms with van der Waals surface area (Å²) in [6, 6.07) is 1.26. The molecule has 1 fully saturated rings.